The average molecular weight is 192 g/mol. The summed E-state index contributed by atoms with van der Waals surface area (Å²) in [6.07, 6.45) is 1.92. The second-order valence-electron chi connectivity index (χ2n) is 3.26. The van der Waals surface area contributed by atoms with Crippen LogP contribution in [0.15, 0.2) is 23.8 Å². The molecular formula is C11H12O3. The minimum absolute atomic E-state index is 0.0778. The first kappa shape index (κ1) is 9.09. The van der Waals surface area contributed by atoms with E-state index in [9.17, 15) is 0 Å². The lowest BCUT2D eigenvalue weighted by Crippen LogP contribution is -1.92. The maximum atomic E-state index is 8.87. The SMILES string of the molecule is C/C(=C/c1ccc2c(c1)OCO2)CO. The van der Waals surface area contributed by atoms with E-state index < -0.39 is 0 Å². The van der Waals surface area contributed by atoms with E-state index in [0.29, 0.717) is 6.79 Å². The lowest BCUT2D eigenvalue weighted by Gasteiger charge is -1.99. The maximum absolute atomic E-state index is 8.87. The van der Waals surface area contributed by atoms with Crippen molar-refractivity contribution in [1.29, 1.82) is 0 Å². The Morgan fingerprint density at radius 3 is 3.00 bits per heavy atom. The van der Waals surface area contributed by atoms with Gasteiger partial charge in [0.25, 0.3) is 0 Å². The van der Waals surface area contributed by atoms with E-state index in [1.807, 2.05) is 31.2 Å². The molecule has 74 valence electrons. The monoisotopic (exact) mass is 192 g/mol. The van der Waals surface area contributed by atoms with Crippen LogP contribution < -0.4 is 9.47 Å². The third kappa shape index (κ3) is 1.72. The van der Waals surface area contributed by atoms with Gasteiger partial charge in [0.05, 0.1) is 6.61 Å². The highest BCUT2D eigenvalue weighted by molar-refractivity contribution is 5.58. The number of ether oxygens (including phenoxy) is 2. The first-order valence-corrected chi connectivity index (χ1v) is 4.47. The molecule has 1 N–H and O–H groups in total. The molecule has 0 unspecified atom stereocenters. The predicted molar refractivity (Wildman–Crippen MR) is 53.3 cm³/mol. The van der Waals surface area contributed by atoms with Gasteiger partial charge in [-0.1, -0.05) is 12.1 Å². The van der Waals surface area contributed by atoms with Crippen molar-refractivity contribution in [2.75, 3.05) is 13.4 Å². The van der Waals surface area contributed by atoms with Gasteiger partial charge in [-0.25, -0.2) is 0 Å². The summed E-state index contributed by atoms with van der Waals surface area (Å²) in [5.41, 5.74) is 1.93. The molecule has 1 aromatic rings. The molecule has 0 radical (unpaired) electrons. The molecule has 0 aromatic heterocycles. The van der Waals surface area contributed by atoms with Gasteiger partial charge in [0.2, 0.25) is 6.79 Å². The summed E-state index contributed by atoms with van der Waals surface area (Å²) < 4.78 is 10.4. The van der Waals surface area contributed by atoms with Crippen LogP contribution in [0.3, 0.4) is 0 Å². The van der Waals surface area contributed by atoms with Crippen LogP contribution in [0.5, 0.6) is 11.5 Å². The zero-order valence-electron chi connectivity index (χ0n) is 7.99. The van der Waals surface area contributed by atoms with E-state index in [0.717, 1.165) is 22.6 Å². The van der Waals surface area contributed by atoms with E-state index in [1.54, 1.807) is 0 Å². The fourth-order valence-electron chi connectivity index (χ4n) is 1.33. The topological polar surface area (TPSA) is 38.7 Å². The van der Waals surface area contributed by atoms with Crippen LogP contribution in [0.4, 0.5) is 0 Å². The molecule has 1 aromatic carbocycles. The molecule has 1 heterocycles. The zero-order valence-corrected chi connectivity index (χ0v) is 7.99. The molecule has 3 nitrogen and oxygen atoms in total. The van der Waals surface area contributed by atoms with E-state index in [1.165, 1.54) is 0 Å². The van der Waals surface area contributed by atoms with Crippen molar-refractivity contribution >= 4 is 6.08 Å². The van der Waals surface area contributed by atoms with Crippen LogP contribution in [0.1, 0.15) is 12.5 Å². The molecule has 0 amide bonds. The third-order valence-corrected chi connectivity index (χ3v) is 2.06. The van der Waals surface area contributed by atoms with Crippen molar-refractivity contribution < 1.29 is 14.6 Å². The average Bonchev–Trinajstić information content (AvgIpc) is 2.64. The van der Waals surface area contributed by atoms with Gasteiger partial charge >= 0.3 is 0 Å². The summed E-state index contributed by atoms with van der Waals surface area (Å²) in [5, 5.41) is 8.87. The Morgan fingerprint density at radius 1 is 1.43 bits per heavy atom. The first-order valence-electron chi connectivity index (χ1n) is 4.47. The zero-order chi connectivity index (χ0) is 9.97. The van der Waals surface area contributed by atoms with Gasteiger partial charge in [-0.05, 0) is 30.2 Å². The number of hydrogen-bond acceptors (Lipinski definition) is 3. The van der Waals surface area contributed by atoms with E-state index in [2.05, 4.69) is 0 Å². The highest BCUT2D eigenvalue weighted by Crippen LogP contribution is 2.32. The second kappa shape index (κ2) is 3.72. The number of rotatable bonds is 2. The van der Waals surface area contributed by atoms with Crippen molar-refractivity contribution in [1.82, 2.24) is 0 Å². The summed E-state index contributed by atoms with van der Waals surface area (Å²) in [4.78, 5) is 0. The van der Waals surface area contributed by atoms with Crippen LogP contribution in [0.25, 0.3) is 6.08 Å². The third-order valence-electron chi connectivity index (χ3n) is 2.06. The van der Waals surface area contributed by atoms with Crippen molar-refractivity contribution in [2.24, 2.45) is 0 Å². The normalized spacial score (nSPS) is 14.6. The van der Waals surface area contributed by atoms with Gasteiger partial charge in [-0.15, -0.1) is 0 Å². The highest BCUT2D eigenvalue weighted by atomic mass is 16.7. The molecule has 0 saturated carbocycles. The van der Waals surface area contributed by atoms with Crippen LogP contribution in [0, 0.1) is 0 Å². The summed E-state index contributed by atoms with van der Waals surface area (Å²) in [6.45, 7) is 2.25. The van der Waals surface area contributed by atoms with Crippen LogP contribution in [-0.2, 0) is 0 Å². The van der Waals surface area contributed by atoms with Gasteiger partial charge in [0, 0.05) is 0 Å². The number of fused-ring (bicyclic) bond motifs is 1. The molecule has 3 heteroatoms. The molecule has 1 aliphatic heterocycles. The van der Waals surface area contributed by atoms with Gasteiger partial charge in [-0.2, -0.15) is 0 Å². The van der Waals surface area contributed by atoms with Crippen molar-refractivity contribution in [3.8, 4) is 11.5 Å². The molecular weight excluding hydrogens is 180 g/mol. The Labute approximate surface area is 82.6 Å². The Balaban J connectivity index is 2.29. The number of aliphatic hydroxyl groups is 1. The summed E-state index contributed by atoms with van der Waals surface area (Å²) in [5.74, 6) is 1.55. The maximum Gasteiger partial charge on any atom is 0.231 e. The molecule has 2 rings (SSSR count). The fourth-order valence-corrected chi connectivity index (χ4v) is 1.33. The summed E-state index contributed by atoms with van der Waals surface area (Å²) in [7, 11) is 0. The Morgan fingerprint density at radius 2 is 2.21 bits per heavy atom. The number of benzene rings is 1. The molecule has 0 fully saturated rings. The Hall–Kier alpha value is -1.48. The van der Waals surface area contributed by atoms with Crippen molar-refractivity contribution in [3.63, 3.8) is 0 Å². The number of aliphatic hydroxyl groups excluding tert-OH is 1. The van der Waals surface area contributed by atoms with Crippen molar-refractivity contribution in [3.05, 3.63) is 29.3 Å². The van der Waals surface area contributed by atoms with Crippen LogP contribution >= 0.6 is 0 Å². The fraction of sp³-hybridized carbons (Fsp3) is 0.273. The van der Waals surface area contributed by atoms with Crippen LogP contribution in [0.2, 0.25) is 0 Å². The molecule has 14 heavy (non-hydrogen) atoms. The minimum Gasteiger partial charge on any atom is -0.454 e. The Bertz CT molecular complexity index is 369. The highest BCUT2D eigenvalue weighted by Gasteiger charge is 2.12. The summed E-state index contributed by atoms with van der Waals surface area (Å²) in [6, 6.07) is 5.72. The minimum atomic E-state index is 0.0778. The molecule has 0 spiro atoms. The first-order chi connectivity index (χ1) is 6.79. The smallest absolute Gasteiger partial charge is 0.231 e. The number of hydrogen-bond donors (Lipinski definition) is 1. The second-order valence-corrected chi connectivity index (χ2v) is 3.26. The largest absolute Gasteiger partial charge is 0.454 e. The van der Waals surface area contributed by atoms with Crippen LogP contribution in [-0.4, -0.2) is 18.5 Å². The van der Waals surface area contributed by atoms with Gasteiger partial charge < -0.3 is 14.6 Å². The standard InChI is InChI=1S/C11H12O3/c1-8(6-12)4-9-2-3-10-11(5-9)14-7-13-10/h2-5,12H,6-7H2,1H3/b8-4-. The quantitative estimate of drug-likeness (QED) is 0.776. The van der Waals surface area contributed by atoms with E-state index in [4.69, 9.17) is 14.6 Å². The van der Waals surface area contributed by atoms with Gasteiger partial charge in [0.1, 0.15) is 0 Å². The molecule has 0 aliphatic carbocycles. The van der Waals surface area contributed by atoms with Crippen molar-refractivity contribution in [2.45, 2.75) is 6.92 Å². The Kier molecular flexibility index (Phi) is 2.41. The lowest BCUT2D eigenvalue weighted by molar-refractivity contribution is 0.174. The molecule has 1 aliphatic rings. The van der Waals surface area contributed by atoms with Gasteiger partial charge in [-0.3, -0.25) is 0 Å². The van der Waals surface area contributed by atoms with E-state index >= 15 is 0 Å². The molecule has 0 saturated heterocycles. The lowest BCUT2D eigenvalue weighted by atomic mass is 10.1. The van der Waals surface area contributed by atoms with E-state index in [-0.39, 0.29) is 6.61 Å². The van der Waals surface area contributed by atoms with Gasteiger partial charge in [0.15, 0.2) is 11.5 Å². The molecule has 0 atom stereocenters. The predicted octanol–water partition coefficient (Wildman–Crippen LogP) is 1.81. The molecule has 0 bridgehead atoms. The summed E-state index contributed by atoms with van der Waals surface area (Å²) >= 11 is 0.